The minimum Gasteiger partial charge on any atom is -0.353 e. The predicted molar refractivity (Wildman–Crippen MR) is 114 cm³/mol. The van der Waals surface area contributed by atoms with Crippen LogP contribution in [-0.2, 0) is 4.79 Å². The summed E-state index contributed by atoms with van der Waals surface area (Å²) >= 11 is 6.45. The van der Waals surface area contributed by atoms with Gasteiger partial charge in [-0.15, -0.1) is 0 Å². The van der Waals surface area contributed by atoms with Crippen LogP contribution in [0.4, 0.5) is 0 Å². The number of nitrogens with one attached hydrogen (secondary N) is 1. The summed E-state index contributed by atoms with van der Waals surface area (Å²) in [5, 5.41) is 12.8. The maximum Gasteiger partial charge on any atom is 0.234 e. The normalized spacial score (nSPS) is 16.1. The summed E-state index contributed by atoms with van der Waals surface area (Å²) in [6.07, 6.45) is 2.80. The third-order valence-electron chi connectivity index (χ3n) is 4.94. The topological polar surface area (TPSA) is 59.4 Å². The lowest BCUT2D eigenvalue weighted by atomic mass is 9.96. The van der Waals surface area contributed by atoms with Crippen LogP contribution in [0, 0.1) is 16.7 Å². The second-order valence-corrected chi connectivity index (χ2v) is 9.17. The highest BCUT2D eigenvalue weighted by molar-refractivity contribution is 6.31. The number of rotatable bonds is 9. The monoisotopic (exact) mass is 404 g/mol. The minimum atomic E-state index is -0.00144. The lowest BCUT2D eigenvalue weighted by molar-refractivity contribution is -0.122. The average molecular weight is 405 g/mol. The van der Waals surface area contributed by atoms with E-state index < -0.39 is 0 Å². The Morgan fingerprint density at radius 2 is 2.00 bits per heavy atom. The second-order valence-electron chi connectivity index (χ2n) is 8.76. The zero-order valence-electron chi connectivity index (χ0n) is 17.4. The van der Waals surface area contributed by atoms with Crippen LogP contribution < -0.4 is 5.32 Å². The number of carbonyl (C=O) groups is 1. The van der Waals surface area contributed by atoms with Gasteiger partial charge in [-0.2, -0.15) is 5.26 Å². The summed E-state index contributed by atoms with van der Waals surface area (Å²) in [6, 6.07) is 10.2. The molecule has 6 heteroatoms. The molecule has 0 bridgehead atoms. The van der Waals surface area contributed by atoms with E-state index in [4.69, 9.17) is 16.9 Å². The first-order valence-corrected chi connectivity index (χ1v) is 10.5. The van der Waals surface area contributed by atoms with Gasteiger partial charge in [0.2, 0.25) is 5.91 Å². The van der Waals surface area contributed by atoms with E-state index in [2.05, 4.69) is 48.0 Å². The Morgan fingerprint density at radius 1 is 1.32 bits per heavy atom. The maximum absolute atomic E-state index is 12.7. The molecule has 1 aliphatic heterocycles. The van der Waals surface area contributed by atoms with Crippen molar-refractivity contribution in [1.82, 2.24) is 15.1 Å². The van der Waals surface area contributed by atoms with Gasteiger partial charge in [0, 0.05) is 31.1 Å². The van der Waals surface area contributed by atoms with Crippen molar-refractivity contribution in [3.8, 4) is 6.07 Å². The first kappa shape index (κ1) is 22.7. The van der Waals surface area contributed by atoms with Crippen LogP contribution in [0.5, 0.6) is 0 Å². The third-order valence-corrected chi connectivity index (χ3v) is 5.29. The zero-order chi connectivity index (χ0) is 20.6. The van der Waals surface area contributed by atoms with E-state index >= 15 is 0 Å². The lowest BCUT2D eigenvalue weighted by Gasteiger charge is -2.31. The molecule has 0 spiro atoms. The number of benzene rings is 1. The summed E-state index contributed by atoms with van der Waals surface area (Å²) in [6.45, 7) is 10.7. The van der Waals surface area contributed by atoms with Crippen LogP contribution >= 0.6 is 11.6 Å². The molecule has 5 nitrogen and oxygen atoms in total. The fraction of sp³-hybridized carbons (Fsp3) is 0.636. The Kier molecular flexibility index (Phi) is 8.75. The van der Waals surface area contributed by atoms with E-state index in [0.29, 0.717) is 26.1 Å². The van der Waals surface area contributed by atoms with Crippen molar-refractivity contribution in [1.29, 1.82) is 5.26 Å². The first-order chi connectivity index (χ1) is 13.3. The predicted octanol–water partition coefficient (Wildman–Crippen LogP) is 3.85. The Labute approximate surface area is 174 Å². The van der Waals surface area contributed by atoms with Crippen molar-refractivity contribution in [2.24, 2.45) is 5.41 Å². The molecule has 2 rings (SSSR count). The SMILES string of the molecule is CC(C)(C)CN(CCC#N)CC(=O)NCC(c1ccccc1Cl)N1CCCC1. The molecular weight excluding hydrogens is 372 g/mol. The van der Waals surface area contributed by atoms with Crippen LogP contribution in [0.3, 0.4) is 0 Å². The van der Waals surface area contributed by atoms with E-state index in [9.17, 15) is 4.79 Å². The number of amides is 1. The van der Waals surface area contributed by atoms with E-state index in [1.54, 1.807) is 0 Å². The van der Waals surface area contributed by atoms with E-state index in [0.717, 1.165) is 30.2 Å². The van der Waals surface area contributed by atoms with Gasteiger partial charge in [0.25, 0.3) is 0 Å². The number of carbonyl (C=O) groups excluding carboxylic acids is 1. The van der Waals surface area contributed by atoms with Crippen LogP contribution in [-0.4, -0.2) is 55.0 Å². The summed E-state index contributed by atoms with van der Waals surface area (Å²) in [4.78, 5) is 17.1. The largest absolute Gasteiger partial charge is 0.353 e. The van der Waals surface area contributed by atoms with Gasteiger partial charge in [-0.05, 0) is 43.0 Å². The third kappa shape index (κ3) is 7.43. The molecular formula is C22H33ClN4O. The molecule has 1 saturated heterocycles. The zero-order valence-corrected chi connectivity index (χ0v) is 18.1. The van der Waals surface area contributed by atoms with Gasteiger partial charge < -0.3 is 5.32 Å². The fourth-order valence-electron chi connectivity index (χ4n) is 3.80. The fourth-order valence-corrected chi connectivity index (χ4v) is 4.06. The van der Waals surface area contributed by atoms with Gasteiger partial charge in [-0.1, -0.05) is 50.6 Å². The Hall–Kier alpha value is -1.61. The Morgan fingerprint density at radius 3 is 2.61 bits per heavy atom. The standard InChI is InChI=1S/C22H33ClN4O/c1-22(2,3)17-26(12-8-11-24)16-21(28)25-15-20(27-13-6-7-14-27)18-9-4-5-10-19(18)23/h4-5,9-10,20H,6-8,12-17H2,1-3H3,(H,25,28). The molecule has 0 aliphatic carbocycles. The van der Waals surface area contributed by atoms with Crippen molar-refractivity contribution in [2.45, 2.75) is 46.1 Å². The van der Waals surface area contributed by atoms with Gasteiger partial charge in [0.05, 0.1) is 18.7 Å². The molecule has 154 valence electrons. The second kappa shape index (κ2) is 10.8. The molecule has 0 saturated carbocycles. The number of hydrogen-bond donors (Lipinski definition) is 1. The number of hydrogen-bond acceptors (Lipinski definition) is 4. The molecule has 1 unspecified atom stereocenters. The Bertz CT molecular complexity index is 674. The van der Waals surface area contributed by atoms with Crippen LogP contribution in [0.2, 0.25) is 5.02 Å². The van der Waals surface area contributed by atoms with E-state index in [1.807, 2.05) is 18.2 Å². The van der Waals surface area contributed by atoms with Crippen LogP contribution in [0.25, 0.3) is 0 Å². The molecule has 1 atom stereocenters. The molecule has 0 aromatic heterocycles. The molecule has 28 heavy (non-hydrogen) atoms. The summed E-state index contributed by atoms with van der Waals surface area (Å²) in [7, 11) is 0. The lowest BCUT2D eigenvalue weighted by Crippen LogP contribution is -2.44. The van der Waals surface area contributed by atoms with Gasteiger partial charge >= 0.3 is 0 Å². The van der Waals surface area contributed by atoms with E-state index in [1.165, 1.54) is 12.8 Å². The number of likely N-dealkylation sites (tertiary alicyclic amines) is 1. The highest BCUT2D eigenvalue weighted by Gasteiger charge is 2.26. The molecule has 1 amide bonds. The number of halogens is 1. The van der Waals surface area contributed by atoms with Gasteiger partial charge in [0.15, 0.2) is 0 Å². The molecule has 1 aliphatic rings. The quantitative estimate of drug-likeness (QED) is 0.679. The highest BCUT2D eigenvalue weighted by Crippen LogP contribution is 2.29. The van der Waals surface area contributed by atoms with E-state index in [-0.39, 0.29) is 17.4 Å². The minimum absolute atomic E-state index is 0.00144. The smallest absolute Gasteiger partial charge is 0.234 e. The molecule has 1 aromatic carbocycles. The van der Waals surface area contributed by atoms with Crippen LogP contribution in [0.15, 0.2) is 24.3 Å². The Balaban J connectivity index is 2.00. The highest BCUT2D eigenvalue weighted by atomic mass is 35.5. The average Bonchev–Trinajstić information content (AvgIpc) is 3.14. The van der Waals surface area contributed by atoms with Crippen molar-refractivity contribution < 1.29 is 4.79 Å². The van der Waals surface area contributed by atoms with Crippen molar-refractivity contribution in [3.05, 3.63) is 34.9 Å². The molecule has 1 N–H and O–H groups in total. The summed E-state index contributed by atoms with van der Waals surface area (Å²) in [5.74, 6) is -0.00144. The van der Waals surface area contributed by atoms with Gasteiger partial charge in [-0.25, -0.2) is 0 Å². The molecule has 0 radical (unpaired) electrons. The summed E-state index contributed by atoms with van der Waals surface area (Å²) < 4.78 is 0. The summed E-state index contributed by atoms with van der Waals surface area (Å²) in [5.41, 5.74) is 1.15. The van der Waals surface area contributed by atoms with Gasteiger partial charge in [0.1, 0.15) is 0 Å². The molecule has 1 aromatic rings. The number of nitriles is 1. The van der Waals surface area contributed by atoms with Crippen molar-refractivity contribution >= 4 is 17.5 Å². The van der Waals surface area contributed by atoms with Crippen molar-refractivity contribution in [3.63, 3.8) is 0 Å². The van der Waals surface area contributed by atoms with Crippen molar-refractivity contribution in [2.75, 3.05) is 39.3 Å². The maximum atomic E-state index is 12.7. The van der Waals surface area contributed by atoms with Crippen LogP contribution in [0.1, 0.15) is 51.6 Å². The molecule has 1 heterocycles. The molecule has 1 fully saturated rings. The number of nitrogens with zero attached hydrogens (tertiary/aromatic N) is 3. The first-order valence-electron chi connectivity index (χ1n) is 10.1. The van der Waals surface area contributed by atoms with Gasteiger partial charge in [-0.3, -0.25) is 14.6 Å².